The Bertz CT molecular complexity index is 621. The van der Waals surface area contributed by atoms with Crippen LogP contribution in [0.25, 0.3) is 0 Å². The fraction of sp³-hybridized carbons (Fsp3) is 0.333. The summed E-state index contributed by atoms with van der Waals surface area (Å²) in [6.45, 7) is 6.59. The number of carbonyl (C=O) groups excluding carboxylic acids is 1. The monoisotopic (exact) mass is 285 g/mol. The summed E-state index contributed by atoms with van der Waals surface area (Å²) < 4.78 is 0. The second-order valence-corrected chi connectivity index (χ2v) is 4.78. The largest absolute Gasteiger partial charge is 0.384 e. The van der Waals surface area contributed by atoms with E-state index in [-0.39, 0.29) is 5.91 Å². The molecule has 0 aliphatic rings. The molecule has 2 heterocycles. The van der Waals surface area contributed by atoms with Crippen LogP contribution in [0.5, 0.6) is 0 Å². The summed E-state index contributed by atoms with van der Waals surface area (Å²) in [5, 5.41) is 5.93. The predicted octanol–water partition coefficient (Wildman–Crippen LogP) is 2.56. The Labute approximate surface area is 124 Å². The molecule has 0 aliphatic heterocycles. The molecule has 21 heavy (non-hydrogen) atoms. The van der Waals surface area contributed by atoms with E-state index < -0.39 is 0 Å². The lowest BCUT2D eigenvalue weighted by Gasteiger charge is -2.11. The lowest BCUT2D eigenvalue weighted by molar-refractivity contribution is 0.102. The van der Waals surface area contributed by atoms with Crippen LogP contribution in [-0.2, 0) is 0 Å². The number of nitrogens with one attached hydrogen (secondary N) is 2. The Kier molecular flexibility index (Phi) is 4.81. The summed E-state index contributed by atoms with van der Waals surface area (Å²) in [5.41, 5.74) is 2.86. The third-order valence-electron chi connectivity index (χ3n) is 2.84. The van der Waals surface area contributed by atoms with Crippen molar-refractivity contribution in [2.75, 3.05) is 17.2 Å². The van der Waals surface area contributed by atoms with Gasteiger partial charge in [-0.3, -0.25) is 15.1 Å². The molecule has 2 aromatic heterocycles. The number of aromatic nitrogens is 3. The van der Waals surface area contributed by atoms with Gasteiger partial charge in [0.05, 0.1) is 11.3 Å². The number of hydrogen-bond donors (Lipinski definition) is 2. The molecule has 2 aromatic rings. The van der Waals surface area contributed by atoms with Crippen LogP contribution in [0.3, 0.4) is 0 Å². The molecule has 6 heteroatoms. The van der Waals surface area contributed by atoms with Crippen molar-refractivity contribution in [3.63, 3.8) is 0 Å². The van der Waals surface area contributed by atoms with Crippen molar-refractivity contribution < 1.29 is 4.79 Å². The molecule has 0 saturated heterocycles. The van der Waals surface area contributed by atoms with Gasteiger partial charge in [0.25, 0.3) is 5.91 Å². The molecule has 0 fully saturated rings. The predicted molar refractivity (Wildman–Crippen MR) is 82.5 cm³/mol. The molecule has 0 atom stereocenters. The van der Waals surface area contributed by atoms with Crippen LogP contribution in [-0.4, -0.2) is 27.4 Å². The molecule has 0 bridgehead atoms. The Morgan fingerprint density at radius 3 is 2.62 bits per heavy atom. The van der Waals surface area contributed by atoms with Gasteiger partial charge in [-0.1, -0.05) is 6.92 Å². The smallest absolute Gasteiger partial charge is 0.261 e. The average molecular weight is 285 g/mol. The fourth-order valence-electron chi connectivity index (χ4n) is 1.94. The van der Waals surface area contributed by atoms with Gasteiger partial charge in [0.2, 0.25) is 5.95 Å². The normalized spacial score (nSPS) is 10.2. The minimum atomic E-state index is -0.272. The SMILES string of the molecule is CCCNc1ccncc1C(=O)Nc1nc(C)cc(C)n1. The molecule has 0 spiro atoms. The maximum absolute atomic E-state index is 12.3. The minimum absolute atomic E-state index is 0.272. The van der Waals surface area contributed by atoms with Crippen molar-refractivity contribution >= 4 is 17.5 Å². The topological polar surface area (TPSA) is 79.8 Å². The highest BCUT2D eigenvalue weighted by Gasteiger charge is 2.13. The van der Waals surface area contributed by atoms with Crippen molar-refractivity contribution in [1.82, 2.24) is 15.0 Å². The van der Waals surface area contributed by atoms with Crippen LogP contribution in [0, 0.1) is 13.8 Å². The molecule has 0 saturated carbocycles. The van der Waals surface area contributed by atoms with Gasteiger partial charge in [0, 0.05) is 30.3 Å². The number of aryl methyl sites for hydroxylation is 2. The van der Waals surface area contributed by atoms with Gasteiger partial charge in [-0.05, 0) is 32.4 Å². The lowest BCUT2D eigenvalue weighted by Crippen LogP contribution is -2.17. The summed E-state index contributed by atoms with van der Waals surface area (Å²) in [7, 11) is 0. The van der Waals surface area contributed by atoms with Crippen molar-refractivity contribution in [2.24, 2.45) is 0 Å². The molecule has 2 N–H and O–H groups in total. The molecule has 0 aromatic carbocycles. The highest BCUT2D eigenvalue weighted by atomic mass is 16.1. The zero-order valence-electron chi connectivity index (χ0n) is 12.5. The fourth-order valence-corrected chi connectivity index (χ4v) is 1.94. The minimum Gasteiger partial charge on any atom is -0.384 e. The Hall–Kier alpha value is -2.50. The third-order valence-corrected chi connectivity index (χ3v) is 2.84. The molecule has 2 rings (SSSR count). The summed E-state index contributed by atoms with van der Waals surface area (Å²) in [4.78, 5) is 24.8. The van der Waals surface area contributed by atoms with Gasteiger partial charge in [-0.25, -0.2) is 9.97 Å². The Balaban J connectivity index is 2.20. The zero-order chi connectivity index (χ0) is 15.2. The number of anilines is 2. The van der Waals surface area contributed by atoms with E-state index in [9.17, 15) is 4.79 Å². The number of rotatable bonds is 5. The molecular weight excluding hydrogens is 266 g/mol. The summed E-state index contributed by atoms with van der Waals surface area (Å²) >= 11 is 0. The van der Waals surface area contributed by atoms with Crippen LogP contribution in [0.15, 0.2) is 24.5 Å². The van der Waals surface area contributed by atoms with Crippen molar-refractivity contribution in [3.05, 3.63) is 41.5 Å². The molecule has 0 radical (unpaired) electrons. The molecule has 6 nitrogen and oxygen atoms in total. The highest BCUT2D eigenvalue weighted by molar-refractivity contribution is 6.07. The molecule has 0 aliphatic carbocycles. The summed E-state index contributed by atoms with van der Waals surface area (Å²) in [6, 6.07) is 3.64. The van der Waals surface area contributed by atoms with Crippen LogP contribution in [0.2, 0.25) is 0 Å². The highest BCUT2D eigenvalue weighted by Crippen LogP contribution is 2.15. The van der Waals surface area contributed by atoms with Crippen LogP contribution >= 0.6 is 0 Å². The van der Waals surface area contributed by atoms with Crippen LogP contribution < -0.4 is 10.6 Å². The van der Waals surface area contributed by atoms with Crippen LogP contribution in [0.4, 0.5) is 11.6 Å². The maximum Gasteiger partial charge on any atom is 0.261 e. The standard InChI is InChI=1S/C15H19N5O/c1-4-6-17-13-5-7-16-9-12(13)14(21)20-15-18-10(2)8-11(3)19-15/h5,7-9H,4,6H2,1-3H3,(H,16,17)(H,18,19,20,21). The number of carbonyl (C=O) groups is 1. The summed E-state index contributed by atoms with van der Waals surface area (Å²) in [5.74, 6) is 0.0366. The molecule has 0 unspecified atom stereocenters. The van der Waals surface area contributed by atoms with E-state index in [0.717, 1.165) is 30.0 Å². The van der Waals surface area contributed by atoms with Gasteiger partial charge in [-0.15, -0.1) is 0 Å². The van der Waals surface area contributed by atoms with E-state index in [4.69, 9.17) is 0 Å². The van der Waals surface area contributed by atoms with Crippen LogP contribution in [0.1, 0.15) is 35.1 Å². The molecule has 1 amide bonds. The first-order valence-corrected chi connectivity index (χ1v) is 6.91. The second kappa shape index (κ2) is 6.78. The van der Waals surface area contributed by atoms with E-state index in [1.54, 1.807) is 12.3 Å². The van der Waals surface area contributed by atoms with Gasteiger partial charge in [-0.2, -0.15) is 0 Å². The first-order valence-electron chi connectivity index (χ1n) is 6.91. The second-order valence-electron chi connectivity index (χ2n) is 4.78. The van der Waals surface area contributed by atoms with Gasteiger partial charge < -0.3 is 5.32 Å². The third kappa shape index (κ3) is 3.98. The quantitative estimate of drug-likeness (QED) is 0.882. The molecular formula is C15H19N5O. The first-order chi connectivity index (χ1) is 10.1. The molecule has 110 valence electrons. The number of pyridine rings is 1. The average Bonchev–Trinajstić information content (AvgIpc) is 2.44. The zero-order valence-corrected chi connectivity index (χ0v) is 12.5. The number of hydrogen-bond acceptors (Lipinski definition) is 5. The van der Waals surface area contributed by atoms with E-state index in [0.29, 0.717) is 11.5 Å². The number of nitrogens with zero attached hydrogens (tertiary/aromatic N) is 3. The summed E-state index contributed by atoms with van der Waals surface area (Å²) in [6.07, 6.45) is 4.17. The van der Waals surface area contributed by atoms with E-state index in [1.165, 1.54) is 6.20 Å². The maximum atomic E-state index is 12.3. The van der Waals surface area contributed by atoms with Gasteiger partial charge in [0.15, 0.2) is 0 Å². The van der Waals surface area contributed by atoms with Crippen molar-refractivity contribution in [1.29, 1.82) is 0 Å². The Morgan fingerprint density at radius 2 is 1.95 bits per heavy atom. The van der Waals surface area contributed by atoms with E-state index in [1.807, 2.05) is 19.9 Å². The van der Waals surface area contributed by atoms with E-state index >= 15 is 0 Å². The van der Waals surface area contributed by atoms with Crippen molar-refractivity contribution in [3.8, 4) is 0 Å². The first kappa shape index (κ1) is 14.9. The lowest BCUT2D eigenvalue weighted by atomic mass is 10.2. The van der Waals surface area contributed by atoms with E-state index in [2.05, 4.69) is 32.5 Å². The van der Waals surface area contributed by atoms with Gasteiger partial charge in [0.1, 0.15) is 0 Å². The van der Waals surface area contributed by atoms with Crippen molar-refractivity contribution in [2.45, 2.75) is 27.2 Å². The van der Waals surface area contributed by atoms with Gasteiger partial charge >= 0.3 is 0 Å². The number of amides is 1. The Morgan fingerprint density at radius 1 is 1.24 bits per heavy atom.